The number of phenolic OH excluding ortho intramolecular Hbond substituents is 2. The van der Waals surface area contributed by atoms with Crippen LogP contribution in [0.15, 0.2) is 84.9 Å². The van der Waals surface area contributed by atoms with Crippen LogP contribution in [0, 0.1) is 20.2 Å². The molecule has 46 heavy (non-hydrogen) atoms. The molecule has 0 fully saturated rings. The van der Waals surface area contributed by atoms with Crippen LogP contribution >= 0.6 is 0 Å². The Hall–Kier alpha value is -6.58. The van der Waals surface area contributed by atoms with Crippen LogP contribution in [-0.2, 0) is 0 Å². The molecule has 16 heteroatoms. The Bertz CT molecular complexity index is 1730. The van der Waals surface area contributed by atoms with Crippen molar-refractivity contribution in [3.63, 3.8) is 0 Å². The predicted molar refractivity (Wildman–Crippen MR) is 169 cm³/mol. The molecular weight excluding hydrogens is 604 g/mol. The summed E-state index contributed by atoms with van der Waals surface area (Å²) >= 11 is 0. The number of nitro groups is 2. The number of phenols is 2. The van der Waals surface area contributed by atoms with Gasteiger partial charge in [0.25, 0.3) is 11.4 Å². The Morgan fingerprint density at radius 1 is 0.739 bits per heavy atom. The second-order valence-corrected chi connectivity index (χ2v) is 8.97. The standard InChI is InChI=1S/2C15H15N3O5/c1-2-23-14-6-4-3-5-12(14)17(15(16)20)11-8-7-10(18(21)22)9-13(11)19;1-2-23-14-6-4-3-5-12(14)17-15(20)16-11-8-7-10(18(21)22)9-13(11)19/h3-9,19H,2H2,1H3,(H2,16,20);3-9,19H,2H2,1H3,(H2,16,17,20). The first kappa shape index (κ1) is 33.9. The van der Waals surface area contributed by atoms with Crippen LogP contribution in [-0.4, -0.2) is 45.3 Å². The maximum atomic E-state index is 12.0. The van der Waals surface area contributed by atoms with E-state index in [1.807, 2.05) is 6.92 Å². The third kappa shape index (κ3) is 8.73. The largest absolute Gasteiger partial charge is 0.506 e. The first-order valence-corrected chi connectivity index (χ1v) is 13.5. The average molecular weight is 635 g/mol. The highest BCUT2D eigenvalue weighted by Gasteiger charge is 2.23. The van der Waals surface area contributed by atoms with Crippen LogP contribution in [0.1, 0.15) is 13.8 Å². The Morgan fingerprint density at radius 2 is 1.26 bits per heavy atom. The van der Waals surface area contributed by atoms with Gasteiger partial charge in [-0.3, -0.25) is 25.1 Å². The lowest BCUT2D eigenvalue weighted by Gasteiger charge is -2.23. The number of ether oxygens (including phenoxy) is 2. The molecule has 240 valence electrons. The highest BCUT2D eigenvalue weighted by Crippen LogP contribution is 2.39. The molecule has 0 radical (unpaired) electrons. The second kappa shape index (κ2) is 15.8. The molecule has 0 aliphatic rings. The molecule has 0 spiro atoms. The molecule has 0 atom stereocenters. The van der Waals surface area contributed by atoms with E-state index < -0.39 is 33.4 Å². The molecule has 6 N–H and O–H groups in total. The van der Waals surface area contributed by atoms with Crippen molar-refractivity contribution in [2.45, 2.75) is 13.8 Å². The van der Waals surface area contributed by atoms with E-state index in [1.54, 1.807) is 55.5 Å². The molecule has 0 unspecified atom stereocenters. The first-order valence-electron chi connectivity index (χ1n) is 13.5. The zero-order valence-corrected chi connectivity index (χ0v) is 24.6. The fourth-order valence-corrected chi connectivity index (χ4v) is 3.97. The number of anilines is 4. The van der Waals surface area contributed by atoms with Gasteiger partial charge in [-0.1, -0.05) is 24.3 Å². The maximum Gasteiger partial charge on any atom is 0.324 e. The molecular formula is C30H30N6O10. The number of benzene rings is 4. The summed E-state index contributed by atoms with van der Waals surface area (Å²) in [6.45, 7) is 4.43. The van der Waals surface area contributed by atoms with Gasteiger partial charge in [0, 0.05) is 12.1 Å². The maximum absolute atomic E-state index is 12.0. The van der Waals surface area contributed by atoms with Crippen LogP contribution in [0.25, 0.3) is 0 Å². The van der Waals surface area contributed by atoms with Gasteiger partial charge >= 0.3 is 12.1 Å². The number of para-hydroxylation sites is 4. The van der Waals surface area contributed by atoms with E-state index in [1.165, 1.54) is 24.3 Å². The molecule has 0 aliphatic carbocycles. The summed E-state index contributed by atoms with van der Waals surface area (Å²) in [6.07, 6.45) is 0. The van der Waals surface area contributed by atoms with E-state index in [0.29, 0.717) is 36.1 Å². The van der Waals surface area contributed by atoms with Crippen molar-refractivity contribution in [1.82, 2.24) is 0 Å². The molecule has 0 heterocycles. The number of nitrogens with one attached hydrogen (secondary N) is 2. The smallest absolute Gasteiger partial charge is 0.324 e. The van der Waals surface area contributed by atoms with Crippen LogP contribution in [0.4, 0.5) is 43.7 Å². The Morgan fingerprint density at radius 3 is 1.83 bits per heavy atom. The van der Waals surface area contributed by atoms with Gasteiger partial charge in [-0.25, -0.2) is 9.59 Å². The SMILES string of the molecule is CCOc1ccccc1N(C(N)=O)c1ccc([N+](=O)[O-])cc1O.CCOc1ccccc1NC(=O)Nc1ccc([N+](=O)[O-])cc1O. The zero-order valence-electron chi connectivity index (χ0n) is 24.6. The van der Waals surface area contributed by atoms with E-state index in [2.05, 4.69) is 10.6 Å². The Balaban J connectivity index is 0.000000250. The average Bonchev–Trinajstić information content (AvgIpc) is 3.01. The number of nitrogens with zero attached hydrogens (tertiary/aromatic N) is 3. The van der Waals surface area contributed by atoms with Crippen LogP contribution in [0.5, 0.6) is 23.0 Å². The monoisotopic (exact) mass is 634 g/mol. The van der Waals surface area contributed by atoms with E-state index in [9.17, 15) is 40.0 Å². The topological polar surface area (TPSA) is 233 Å². The van der Waals surface area contributed by atoms with Crippen LogP contribution in [0.2, 0.25) is 0 Å². The van der Waals surface area contributed by atoms with Crippen molar-refractivity contribution in [2.24, 2.45) is 5.73 Å². The summed E-state index contributed by atoms with van der Waals surface area (Å²) in [7, 11) is 0. The summed E-state index contributed by atoms with van der Waals surface area (Å²) in [5, 5.41) is 46.1. The van der Waals surface area contributed by atoms with Gasteiger partial charge in [0.15, 0.2) is 0 Å². The number of hydrogen-bond donors (Lipinski definition) is 5. The van der Waals surface area contributed by atoms with Gasteiger partial charge in [-0.2, -0.15) is 0 Å². The van der Waals surface area contributed by atoms with Crippen LogP contribution < -0.4 is 30.7 Å². The minimum Gasteiger partial charge on any atom is -0.506 e. The fourth-order valence-electron chi connectivity index (χ4n) is 3.97. The molecule has 4 aromatic carbocycles. The van der Waals surface area contributed by atoms with E-state index in [4.69, 9.17) is 15.2 Å². The van der Waals surface area contributed by atoms with Crippen molar-refractivity contribution in [2.75, 3.05) is 28.7 Å². The lowest BCUT2D eigenvalue weighted by Crippen LogP contribution is -2.31. The highest BCUT2D eigenvalue weighted by atomic mass is 16.6. The van der Waals surface area contributed by atoms with Crippen molar-refractivity contribution in [3.05, 3.63) is 105 Å². The number of amides is 4. The van der Waals surface area contributed by atoms with Gasteiger partial charge in [0.05, 0.1) is 57.9 Å². The summed E-state index contributed by atoms with van der Waals surface area (Å²) in [4.78, 5) is 45.0. The van der Waals surface area contributed by atoms with E-state index in [-0.39, 0.29) is 22.7 Å². The minimum absolute atomic E-state index is 0.0234. The molecule has 4 amide bonds. The predicted octanol–water partition coefficient (Wildman–Crippen LogP) is 6.26. The fraction of sp³-hybridized carbons (Fsp3) is 0.133. The first-order chi connectivity index (χ1) is 22.0. The third-order valence-corrected chi connectivity index (χ3v) is 5.91. The van der Waals surface area contributed by atoms with E-state index in [0.717, 1.165) is 17.0 Å². The molecule has 0 aliphatic heterocycles. The Labute approximate surface area is 261 Å². The number of carbonyl (C=O) groups is 2. The van der Waals surface area contributed by atoms with Gasteiger partial charge in [-0.15, -0.1) is 0 Å². The lowest BCUT2D eigenvalue weighted by molar-refractivity contribution is -0.385. The number of carbonyl (C=O) groups excluding carboxylic acids is 2. The molecule has 4 aromatic rings. The van der Waals surface area contributed by atoms with Crippen molar-refractivity contribution in [3.8, 4) is 23.0 Å². The van der Waals surface area contributed by atoms with Gasteiger partial charge in [0.2, 0.25) is 0 Å². The van der Waals surface area contributed by atoms with Crippen molar-refractivity contribution >= 4 is 46.2 Å². The zero-order chi connectivity index (χ0) is 33.8. The summed E-state index contributed by atoms with van der Waals surface area (Å²) in [5.41, 5.74) is 5.72. The van der Waals surface area contributed by atoms with Crippen molar-refractivity contribution in [1.29, 1.82) is 0 Å². The van der Waals surface area contributed by atoms with Crippen molar-refractivity contribution < 1.29 is 39.1 Å². The number of hydrogen-bond acceptors (Lipinski definition) is 10. The molecule has 0 aromatic heterocycles. The quantitative estimate of drug-likeness (QED) is 0.0746. The third-order valence-electron chi connectivity index (χ3n) is 5.91. The molecule has 0 bridgehead atoms. The summed E-state index contributed by atoms with van der Waals surface area (Å²) in [6, 6.07) is 18.8. The number of nitro benzene ring substituents is 2. The normalized spacial score (nSPS) is 10.0. The minimum atomic E-state index is -0.860. The Kier molecular flexibility index (Phi) is 11.6. The summed E-state index contributed by atoms with van der Waals surface area (Å²) < 4.78 is 10.8. The van der Waals surface area contributed by atoms with Crippen LogP contribution in [0.3, 0.4) is 0 Å². The highest BCUT2D eigenvalue weighted by molar-refractivity contribution is 6.02. The lowest BCUT2D eigenvalue weighted by atomic mass is 10.2. The van der Waals surface area contributed by atoms with E-state index >= 15 is 0 Å². The number of primary amides is 1. The van der Waals surface area contributed by atoms with Gasteiger partial charge in [0.1, 0.15) is 23.0 Å². The molecule has 16 nitrogen and oxygen atoms in total. The molecule has 4 rings (SSSR count). The van der Waals surface area contributed by atoms with Gasteiger partial charge in [-0.05, 0) is 50.2 Å². The number of non-ortho nitro benzene ring substituents is 2. The molecule has 0 saturated heterocycles. The number of aromatic hydroxyl groups is 2. The summed E-state index contributed by atoms with van der Waals surface area (Å²) in [5.74, 6) is 0.0707. The number of rotatable bonds is 10. The molecule has 0 saturated carbocycles. The number of urea groups is 2. The van der Waals surface area contributed by atoms with Gasteiger partial charge < -0.3 is 36.1 Å². The second-order valence-electron chi connectivity index (χ2n) is 8.97. The number of nitrogens with two attached hydrogens (primary N) is 1.